The first kappa shape index (κ1) is 60.1. The van der Waals surface area contributed by atoms with Crippen LogP contribution in [0, 0.1) is 11.6 Å². The molecule has 2 amide bonds. The van der Waals surface area contributed by atoms with Crippen molar-refractivity contribution in [3.63, 3.8) is 0 Å². The molecule has 4 saturated heterocycles. The zero-order valence-corrected chi connectivity index (χ0v) is 50.6. The van der Waals surface area contributed by atoms with E-state index in [-0.39, 0.29) is 35.9 Å². The molecule has 85 heavy (non-hydrogen) atoms. The van der Waals surface area contributed by atoms with E-state index in [2.05, 4.69) is 61.4 Å². The summed E-state index contributed by atoms with van der Waals surface area (Å²) in [5.41, 5.74) is 11.8. The van der Waals surface area contributed by atoms with Gasteiger partial charge in [-0.2, -0.15) is 0 Å². The summed E-state index contributed by atoms with van der Waals surface area (Å²) in [6.45, 7) is 17.8. The van der Waals surface area contributed by atoms with E-state index >= 15 is 0 Å². The molecule has 0 unspecified atom stereocenters. The monoisotopic (exact) mass is 1220 g/mol. The molecular formula is C62H75BrF2N16O4. The number of amides is 2. The maximum Gasteiger partial charge on any atom is 0.407 e. The highest BCUT2D eigenvalue weighted by Crippen LogP contribution is 2.38. The second-order valence-electron chi connectivity index (χ2n) is 23.6. The number of alkyl halides is 1. The third-order valence-corrected chi connectivity index (χ3v) is 15.1. The van der Waals surface area contributed by atoms with Crippen LogP contribution in [0.2, 0.25) is 0 Å². The van der Waals surface area contributed by atoms with Crippen molar-refractivity contribution < 1.29 is 27.8 Å². The van der Waals surface area contributed by atoms with Gasteiger partial charge < -0.3 is 50.8 Å². The fourth-order valence-electron chi connectivity index (χ4n) is 10.8. The topological polar surface area (TPSA) is 214 Å². The molecule has 6 aromatic heterocycles. The predicted molar refractivity (Wildman–Crippen MR) is 330 cm³/mol. The van der Waals surface area contributed by atoms with E-state index in [0.29, 0.717) is 25.7 Å². The molecule has 0 spiro atoms. The normalized spacial score (nSPS) is 17.2. The summed E-state index contributed by atoms with van der Waals surface area (Å²) in [7, 11) is 0. The van der Waals surface area contributed by atoms with E-state index in [9.17, 15) is 18.4 Å². The number of pyridine rings is 2. The molecule has 2 atom stereocenters. The lowest BCUT2D eigenvalue weighted by Crippen LogP contribution is -2.59. The van der Waals surface area contributed by atoms with Crippen molar-refractivity contribution in [2.45, 2.75) is 103 Å². The molecule has 5 N–H and O–H groups in total. The van der Waals surface area contributed by atoms with Crippen LogP contribution in [0.5, 0.6) is 0 Å². The van der Waals surface area contributed by atoms with Crippen LogP contribution in [0.3, 0.4) is 0 Å². The lowest BCUT2D eigenvalue weighted by atomic mass is 10.0. The second kappa shape index (κ2) is 26.5. The molecule has 12 rings (SSSR count). The molecule has 20 nitrogen and oxygen atoms in total. The molecule has 4 aliphatic heterocycles. The Hall–Kier alpha value is -8.02. The number of hydrogen-bond donors (Lipinski definition) is 4. The lowest BCUT2D eigenvalue weighted by molar-refractivity contribution is 0.0518. The fourth-order valence-corrected chi connectivity index (χ4v) is 11.0. The Balaban J connectivity index is 0.000000165. The highest BCUT2D eigenvalue weighted by molar-refractivity contribution is 9.09. The highest BCUT2D eigenvalue weighted by Gasteiger charge is 2.32. The van der Waals surface area contributed by atoms with Crippen LogP contribution in [0.4, 0.5) is 41.6 Å². The summed E-state index contributed by atoms with van der Waals surface area (Å²) in [4.78, 5) is 50.4. The van der Waals surface area contributed by atoms with Crippen LogP contribution in [0.1, 0.15) is 90.4 Å². The van der Waals surface area contributed by atoms with Gasteiger partial charge in [0.15, 0.2) is 11.3 Å². The molecular weight excluding hydrogens is 1150 g/mol. The van der Waals surface area contributed by atoms with Crippen LogP contribution in [0.25, 0.3) is 34.1 Å². The molecule has 0 saturated carbocycles. The number of aromatic nitrogens is 8. The first-order valence-corrected chi connectivity index (χ1v) is 30.1. The van der Waals surface area contributed by atoms with E-state index in [1.54, 1.807) is 24.3 Å². The molecule has 10 heterocycles. The zero-order valence-electron chi connectivity index (χ0n) is 49.0. The Bertz CT molecular complexity index is 3580. The molecule has 4 aliphatic rings. The Labute approximate surface area is 502 Å². The number of carbonyl (C=O) groups is 2. The SMILES string of the molecule is CC(C)(C)OC(=O)NCCBr.CC(C)(C)OC(=O)NCCNC1CN(c2cccc(-c3cnc4ccc(N5CCC[C@@H]5c5cccc(F)c5)nn34)n2)C1.NC1CN(c2cccc(-c3cnc4ccc(N5CCC[C@@H]5c5cccc(F)c5)nn34)n2)C1. The van der Waals surface area contributed by atoms with Gasteiger partial charge in [0.1, 0.15) is 57.5 Å². The third-order valence-electron chi connectivity index (χ3n) is 14.7. The number of nitrogens with zero attached hydrogens (tertiary/aromatic N) is 12. The van der Waals surface area contributed by atoms with Gasteiger partial charge in [-0.25, -0.2) is 47.3 Å². The van der Waals surface area contributed by atoms with Crippen molar-refractivity contribution in [1.29, 1.82) is 0 Å². The number of imidazole rings is 2. The molecule has 23 heteroatoms. The van der Waals surface area contributed by atoms with Crippen LogP contribution in [-0.4, -0.2) is 139 Å². The highest BCUT2D eigenvalue weighted by atomic mass is 79.9. The summed E-state index contributed by atoms with van der Waals surface area (Å²) >= 11 is 3.19. The number of nitrogens with two attached hydrogens (primary N) is 1. The minimum absolute atomic E-state index is 0.0835. The number of benzene rings is 2. The smallest absolute Gasteiger partial charge is 0.407 e. The summed E-state index contributed by atoms with van der Waals surface area (Å²) in [6, 6.07) is 34.4. The number of hydrogen-bond acceptors (Lipinski definition) is 16. The second-order valence-corrected chi connectivity index (χ2v) is 24.3. The van der Waals surface area contributed by atoms with E-state index in [1.165, 1.54) is 12.1 Å². The first-order chi connectivity index (χ1) is 40.8. The maximum absolute atomic E-state index is 14.0. The lowest BCUT2D eigenvalue weighted by Gasteiger charge is -2.40. The predicted octanol–water partition coefficient (Wildman–Crippen LogP) is 9.90. The Morgan fingerprint density at radius 2 is 1.06 bits per heavy atom. The number of halogens is 3. The van der Waals surface area contributed by atoms with Gasteiger partial charge in [0.25, 0.3) is 0 Å². The Kier molecular flexibility index (Phi) is 18.7. The van der Waals surface area contributed by atoms with Gasteiger partial charge in [-0.15, -0.1) is 10.2 Å². The van der Waals surface area contributed by atoms with Crippen molar-refractivity contribution in [2.75, 3.05) is 83.8 Å². The van der Waals surface area contributed by atoms with Gasteiger partial charge >= 0.3 is 12.2 Å². The number of anilines is 4. The summed E-state index contributed by atoms with van der Waals surface area (Å²) in [5, 5.41) is 19.5. The van der Waals surface area contributed by atoms with Gasteiger partial charge in [-0.3, -0.25) is 0 Å². The van der Waals surface area contributed by atoms with E-state index < -0.39 is 17.3 Å². The van der Waals surface area contributed by atoms with E-state index in [4.69, 9.17) is 35.4 Å². The van der Waals surface area contributed by atoms with Crippen LogP contribution in [-0.2, 0) is 9.47 Å². The summed E-state index contributed by atoms with van der Waals surface area (Å²) < 4.78 is 41.7. The fraction of sp³-hybridized carbons (Fsp3) is 0.419. The van der Waals surface area contributed by atoms with Gasteiger partial charge in [-0.05, 0) is 151 Å². The van der Waals surface area contributed by atoms with Gasteiger partial charge in [0, 0.05) is 76.3 Å². The number of nitrogens with one attached hydrogen (secondary N) is 3. The van der Waals surface area contributed by atoms with E-state index in [1.807, 2.05) is 136 Å². The Morgan fingerprint density at radius 3 is 1.51 bits per heavy atom. The van der Waals surface area contributed by atoms with E-state index in [0.717, 1.165) is 139 Å². The first-order valence-electron chi connectivity index (χ1n) is 29.0. The summed E-state index contributed by atoms with van der Waals surface area (Å²) in [6.07, 6.45) is 6.85. The zero-order chi connectivity index (χ0) is 59.8. The third kappa shape index (κ3) is 15.3. The standard InChI is InChI=1S/C31H37FN8O2.C24H24FN7.C7H14BrNO2/c1-31(2,3)42-30(41)34-15-14-33-23-19-38(20-23)28-11-5-9-24(36-28)26-18-35-27-12-13-29(37-40(26)27)39-16-6-10-25(39)21-7-4-8-22(32)17-21;25-17-5-1-4-16(12-17)20-7-3-11-31(20)24-10-9-22-27-13-21(32(22)29-24)19-6-2-8-23(28-19)30-14-18(26)15-30;1-7(2,3)11-6(10)9-5-4-8/h4-5,7-9,11-13,17-18,23,25,33H,6,10,14-16,19-20H2,1-3H3,(H,34,41);1-2,4-6,8-10,12-13,18,20H,3,7,11,14-15,26H2;4-5H2,1-3H3,(H,9,10)/t25-;20-;/m11./s1. The molecule has 8 aromatic rings. The minimum atomic E-state index is -0.504. The molecule has 4 fully saturated rings. The molecule has 0 radical (unpaired) electrons. The number of carbonyl (C=O) groups excluding carboxylic acids is 2. The quantitative estimate of drug-likeness (QED) is 0.0589. The van der Waals surface area contributed by atoms with Crippen LogP contribution in [0.15, 0.2) is 122 Å². The number of alkyl carbamates (subject to hydrolysis) is 2. The summed E-state index contributed by atoms with van der Waals surface area (Å²) in [5.74, 6) is 3.08. The average Bonchev–Trinajstić information content (AvgIpc) is 4.38. The van der Waals surface area contributed by atoms with Gasteiger partial charge in [0.05, 0.1) is 35.9 Å². The van der Waals surface area contributed by atoms with Crippen LogP contribution >= 0.6 is 15.9 Å². The largest absolute Gasteiger partial charge is 0.444 e. The number of fused-ring (bicyclic) bond motifs is 2. The number of rotatable bonds is 14. The molecule has 0 aliphatic carbocycles. The molecule has 448 valence electrons. The van der Waals surface area contributed by atoms with Crippen molar-refractivity contribution in [3.8, 4) is 22.8 Å². The van der Waals surface area contributed by atoms with Crippen molar-refractivity contribution in [1.82, 2.24) is 55.1 Å². The Morgan fingerprint density at radius 1 is 0.600 bits per heavy atom. The van der Waals surface area contributed by atoms with Crippen molar-refractivity contribution in [3.05, 3.63) is 144 Å². The number of ether oxygens (including phenoxy) is 2. The van der Waals surface area contributed by atoms with Gasteiger partial charge in [0.2, 0.25) is 0 Å². The molecule has 0 bridgehead atoms. The average molecular weight is 1230 g/mol. The van der Waals surface area contributed by atoms with Gasteiger partial charge in [-0.1, -0.05) is 52.3 Å². The van der Waals surface area contributed by atoms with Crippen molar-refractivity contribution in [2.24, 2.45) is 5.73 Å². The van der Waals surface area contributed by atoms with Crippen LogP contribution < -0.4 is 41.3 Å². The molecule has 2 aromatic carbocycles. The van der Waals surface area contributed by atoms with Crippen molar-refractivity contribution >= 4 is 62.7 Å². The maximum atomic E-state index is 14.0. The minimum Gasteiger partial charge on any atom is -0.444 e.